The van der Waals surface area contributed by atoms with Crippen molar-refractivity contribution in [3.63, 3.8) is 0 Å². The van der Waals surface area contributed by atoms with Gasteiger partial charge in [0.25, 0.3) is 5.91 Å². The first-order valence-electron chi connectivity index (χ1n) is 9.79. The summed E-state index contributed by atoms with van der Waals surface area (Å²) in [6, 6.07) is 30.2. The van der Waals surface area contributed by atoms with Crippen molar-refractivity contribution < 1.29 is 9.53 Å². The molecule has 0 spiro atoms. The van der Waals surface area contributed by atoms with Crippen LogP contribution in [0.1, 0.15) is 48.7 Å². The fourth-order valence-electron chi connectivity index (χ4n) is 3.84. The molecule has 1 fully saturated rings. The Morgan fingerprint density at radius 3 is 1.64 bits per heavy atom. The maximum Gasteiger partial charge on any atom is 0.255 e. The Bertz CT molecular complexity index is 866. The van der Waals surface area contributed by atoms with Gasteiger partial charge in [-0.3, -0.25) is 4.79 Å². The highest BCUT2D eigenvalue weighted by Gasteiger charge is 2.49. The Balaban J connectivity index is 1.62. The van der Waals surface area contributed by atoms with E-state index in [1.807, 2.05) is 71.6 Å². The van der Waals surface area contributed by atoms with Crippen LogP contribution in [0.4, 0.5) is 0 Å². The van der Waals surface area contributed by atoms with Crippen LogP contribution in [0.3, 0.4) is 0 Å². The van der Waals surface area contributed by atoms with Gasteiger partial charge < -0.3 is 9.64 Å². The minimum absolute atomic E-state index is 0.0431. The second kappa shape index (κ2) is 7.99. The number of hydrogen-bond donors (Lipinski definition) is 0. The van der Waals surface area contributed by atoms with Crippen molar-refractivity contribution >= 4 is 5.91 Å². The first kappa shape index (κ1) is 18.5. The maximum atomic E-state index is 13.5. The van der Waals surface area contributed by atoms with Crippen LogP contribution < -0.4 is 0 Å². The Morgan fingerprint density at radius 1 is 0.750 bits per heavy atom. The summed E-state index contributed by atoms with van der Waals surface area (Å²) >= 11 is 0. The summed E-state index contributed by atoms with van der Waals surface area (Å²) in [4.78, 5) is 15.5. The topological polar surface area (TPSA) is 32.8 Å². The van der Waals surface area contributed by atoms with Gasteiger partial charge in [-0.05, 0) is 30.5 Å². The number of hydrogen-bond acceptors (Lipinski definition) is 2. The summed E-state index contributed by atoms with van der Waals surface area (Å²) in [5, 5.41) is 0. The number of nitrogens with zero attached hydrogens (tertiary/aromatic N) is 1. The summed E-state index contributed by atoms with van der Waals surface area (Å²) in [6.45, 7) is 4.18. The smallest absolute Gasteiger partial charge is 0.255 e. The van der Waals surface area contributed by atoms with Crippen LogP contribution in [-0.2, 0) is 9.53 Å². The van der Waals surface area contributed by atoms with Crippen LogP contribution in [0.5, 0.6) is 0 Å². The number of carbonyl (C=O) groups is 1. The monoisotopic (exact) mass is 371 g/mol. The molecule has 0 unspecified atom stereocenters. The van der Waals surface area contributed by atoms with Crippen LogP contribution in [0.2, 0.25) is 0 Å². The van der Waals surface area contributed by atoms with E-state index in [-0.39, 0.29) is 24.1 Å². The summed E-state index contributed by atoms with van der Waals surface area (Å²) in [5.41, 5.74) is 3.30. The third-order valence-electron chi connectivity index (χ3n) is 5.52. The van der Waals surface area contributed by atoms with Crippen LogP contribution >= 0.6 is 0 Å². The normalized spacial score (nSPS) is 20.2. The van der Waals surface area contributed by atoms with Crippen LogP contribution in [0.15, 0.2) is 91.0 Å². The lowest BCUT2D eigenvalue weighted by Crippen LogP contribution is -2.38. The summed E-state index contributed by atoms with van der Waals surface area (Å²) < 4.78 is 5.83. The fourth-order valence-corrected chi connectivity index (χ4v) is 3.84. The molecule has 0 aromatic heterocycles. The molecule has 0 aliphatic carbocycles. The van der Waals surface area contributed by atoms with Gasteiger partial charge in [0.05, 0.1) is 12.1 Å². The molecule has 28 heavy (non-hydrogen) atoms. The van der Waals surface area contributed by atoms with E-state index in [1.54, 1.807) is 0 Å². The summed E-state index contributed by atoms with van der Waals surface area (Å²) in [7, 11) is 0. The minimum atomic E-state index is -0.417. The molecule has 0 saturated carbocycles. The number of carbonyl (C=O) groups excluding carboxylic acids is 1. The number of benzene rings is 3. The molecule has 1 heterocycles. The average molecular weight is 371 g/mol. The molecular weight excluding hydrogens is 346 g/mol. The van der Waals surface area contributed by atoms with Crippen molar-refractivity contribution in [2.45, 2.75) is 38.1 Å². The maximum absolute atomic E-state index is 13.5. The van der Waals surface area contributed by atoms with E-state index in [1.165, 1.54) is 0 Å². The van der Waals surface area contributed by atoms with E-state index in [4.69, 9.17) is 4.74 Å². The van der Waals surface area contributed by atoms with Crippen LogP contribution in [0, 0.1) is 0 Å². The quantitative estimate of drug-likeness (QED) is 0.538. The molecule has 4 atom stereocenters. The molecule has 3 heteroatoms. The SMILES string of the molecule is C[C@H](c1ccccc1)N(C(=O)[C@H]1O[C@@H]1c1ccccc1)[C@H](C)c1ccccc1. The third kappa shape index (κ3) is 3.71. The highest BCUT2D eigenvalue weighted by Crippen LogP contribution is 2.42. The van der Waals surface area contributed by atoms with Crippen molar-refractivity contribution in [3.8, 4) is 0 Å². The van der Waals surface area contributed by atoms with Gasteiger partial charge in [0, 0.05) is 0 Å². The first-order valence-corrected chi connectivity index (χ1v) is 9.79. The zero-order valence-electron chi connectivity index (χ0n) is 16.2. The summed E-state index contributed by atoms with van der Waals surface area (Å²) in [5.74, 6) is 0.0431. The van der Waals surface area contributed by atoms with Gasteiger partial charge >= 0.3 is 0 Å². The van der Waals surface area contributed by atoms with Crippen LogP contribution in [-0.4, -0.2) is 16.9 Å². The highest BCUT2D eigenvalue weighted by molar-refractivity contribution is 5.85. The van der Waals surface area contributed by atoms with Gasteiger partial charge in [-0.1, -0.05) is 91.0 Å². The predicted octanol–water partition coefficient (Wildman–Crippen LogP) is 5.48. The van der Waals surface area contributed by atoms with Crippen LogP contribution in [0.25, 0.3) is 0 Å². The van der Waals surface area contributed by atoms with E-state index in [2.05, 4.69) is 38.1 Å². The van der Waals surface area contributed by atoms with Crippen molar-refractivity contribution in [1.82, 2.24) is 4.90 Å². The third-order valence-corrected chi connectivity index (χ3v) is 5.52. The highest BCUT2D eigenvalue weighted by atomic mass is 16.6. The van der Waals surface area contributed by atoms with E-state index in [9.17, 15) is 4.79 Å². The van der Waals surface area contributed by atoms with Crippen molar-refractivity contribution in [3.05, 3.63) is 108 Å². The van der Waals surface area contributed by atoms with Gasteiger partial charge in [0.2, 0.25) is 0 Å². The Labute approximate surface area is 166 Å². The molecule has 0 N–H and O–H groups in total. The lowest BCUT2D eigenvalue weighted by atomic mass is 9.99. The molecule has 1 amide bonds. The molecule has 4 rings (SSSR count). The Morgan fingerprint density at radius 2 is 1.18 bits per heavy atom. The largest absolute Gasteiger partial charge is 0.354 e. The molecule has 3 aromatic carbocycles. The second-order valence-electron chi connectivity index (χ2n) is 7.31. The summed E-state index contributed by atoms with van der Waals surface area (Å²) in [6.07, 6.45) is -0.568. The van der Waals surface area contributed by atoms with Gasteiger partial charge in [-0.15, -0.1) is 0 Å². The van der Waals surface area contributed by atoms with Crippen molar-refractivity contribution in [2.75, 3.05) is 0 Å². The Hall–Kier alpha value is -2.91. The van der Waals surface area contributed by atoms with E-state index in [0.29, 0.717) is 0 Å². The fraction of sp³-hybridized carbons (Fsp3) is 0.240. The van der Waals surface area contributed by atoms with Gasteiger partial charge in [-0.2, -0.15) is 0 Å². The zero-order chi connectivity index (χ0) is 19.5. The molecule has 142 valence electrons. The molecule has 1 saturated heterocycles. The Kier molecular flexibility index (Phi) is 5.27. The van der Waals surface area contributed by atoms with E-state index < -0.39 is 6.10 Å². The van der Waals surface area contributed by atoms with Crippen molar-refractivity contribution in [1.29, 1.82) is 0 Å². The molecule has 0 bridgehead atoms. The van der Waals surface area contributed by atoms with Crippen molar-refractivity contribution in [2.24, 2.45) is 0 Å². The number of epoxide rings is 1. The van der Waals surface area contributed by atoms with Gasteiger partial charge in [0.1, 0.15) is 6.10 Å². The van der Waals surface area contributed by atoms with E-state index in [0.717, 1.165) is 16.7 Å². The molecule has 0 radical (unpaired) electrons. The average Bonchev–Trinajstić information content (AvgIpc) is 3.56. The number of ether oxygens (including phenoxy) is 1. The number of rotatable bonds is 6. The second-order valence-corrected chi connectivity index (χ2v) is 7.31. The van der Waals surface area contributed by atoms with Gasteiger partial charge in [0.15, 0.2) is 6.10 Å². The molecule has 1 aliphatic heterocycles. The molecule has 3 nitrogen and oxygen atoms in total. The minimum Gasteiger partial charge on any atom is -0.354 e. The van der Waals surface area contributed by atoms with E-state index >= 15 is 0 Å². The standard InChI is InChI=1S/C25H25NO2/c1-18(20-12-6-3-7-13-20)26(19(2)21-14-8-4-9-15-21)25(27)24-23(28-24)22-16-10-5-11-17-22/h3-19,23-24H,1-2H3/t18-,19-,23-,24+/m1/s1. The van der Waals surface area contributed by atoms with Gasteiger partial charge in [-0.25, -0.2) is 0 Å². The zero-order valence-corrected chi connectivity index (χ0v) is 16.2. The number of amides is 1. The molecule has 3 aromatic rings. The first-order chi connectivity index (χ1) is 13.7. The lowest BCUT2D eigenvalue weighted by molar-refractivity contribution is -0.137. The predicted molar refractivity (Wildman–Crippen MR) is 111 cm³/mol. The lowest BCUT2D eigenvalue weighted by Gasteiger charge is -2.35. The molecule has 1 aliphatic rings. The molecular formula is C25H25NO2.